The summed E-state index contributed by atoms with van der Waals surface area (Å²) >= 11 is 0. The van der Waals surface area contributed by atoms with Gasteiger partial charge in [0.1, 0.15) is 17.1 Å². The maximum absolute atomic E-state index is 5.68. The number of pyridine rings is 1. The Morgan fingerprint density at radius 1 is 1.12 bits per heavy atom. The van der Waals surface area contributed by atoms with E-state index in [0.29, 0.717) is 12.5 Å². The fourth-order valence-electron chi connectivity index (χ4n) is 4.03. The predicted molar refractivity (Wildman–Crippen MR) is 123 cm³/mol. The Morgan fingerprint density at radius 3 is 2.78 bits per heavy atom. The molecule has 4 heterocycles. The summed E-state index contributed by atoms with van der Waals surface area (Å²) in [7, 11) is 3.60. The molecule has 0 atom stereocenters. The van der Waals surface area contributed by atoms with Crippen molar-refractivity contribution in [1.82, 2.24) is 24.7 Å². The van der Waals surface area contributed by atoms with Crippen molar-refractivity contribution in [2.24, 2.45) is 7.05 Å². The molecule has 1 aliphatic rings. The molecule has 4 aromatic rings. The van der Waals surface area contributed by atoms with Crippen LogP contribution in [0.15, 0.2) is 49.1 Å². The van der Waals surface area contributed by atoms with Crippen LogP contribution in [-0.2, 0) is 18.2 Å². The number of fused-ring (bicyclic) bond motifs is 1. The molecule has 164 valence electrons. The highest BCUT2D eigenvalue weighted by atomic mass is 16.5. The molecule has 3 aromatic heterocycles. The summed E-state index contributed by atoms with van der Waals surface area (Å²) in [5.41, 5.74) is 3.98. The van der Waals surface area contributed by atoms with Crippen molar-refractivity contribution >= 4 is 16.7 Å². The molecule has 0 radical (unpaired) electrons. The molecule has 8 nitrogen and oxygen atoms in total. The molecule has 0 spiro atoms. The minimum atomic E-state index is 0.348. The number of nitrogens with zero attached hydrogens (tertiary/aromatic N) is 5. The fraction of sp³-hybridized carbons (Fsp3) is 0.333. The Morgan fingerprint density at radius 2 is 2.00 bits per heavy atom. The summed E-state index contributed by atoms with van der Waals surface area (Å²) in [4.78, 5) is 14.0. The van der Waals surface area contributed by atoms with Crippen molar-refractivity contribution in [3.63, 3.8) is 0 Å². The molecule has 1 fully saturated rings. The van der Waals surface area contributed by atoms with E-state index >= 15 is 0 Å². The third kappa shape index (κ3) is 4.27. The number of rotatable bonds is 6. The molecular weight excluding hydrogens is 404 g/mol. The Labute approximate surface area is 186 Å². The molecular formula is C24H26N6O2. The first-order valence-electron chi connectivity index (χ1n) is 10.8. The van der Waals surface area contributed by atoms with Gasteiger partial charge >= 0.3 is 0 Å². The standard InChI is InChI=1S/C24H26N6O2/c1-30-15-19(14-27-30)16-3-4-17(21(11-16)31-2)12-22-26-13-18-5-8-25-24(23(18)29-22)28-20-6-9-32-10-7-20/h3-5,8,11,13-15,20H,6-7,9-10,12H2,1-2H3,(H,25,28). The number of methoxy groups -OCH3 is 1. The quantitative estimate of drug-likeness (QED) is 0.500. The van der Waals surface area contributed by atoms with Gasteiger partial charge in [-0.15, -0.1) is 0 Å². The zero-order valence-electron chi connectivity index (χ0n) is 18.3. The zero-order chi connectivity index (χ0) is 21.9. The van der Waals surface area contributed by atoms with E-state index in [9.17, 15) is 0 Å². The lowest BCUT2D eigenvalue weighted by atomic mass is 10.0. The van der Waals surface area contributed by atoms with E-state index in [2.05, 4.69) is 32.5 Å². The van der Waals surface area contributed by atoms with E-state index in [1.165, 1.54) is 0 Å². The maximum atomic E-state index is 5.68. The monoisotopic (exact) mass is 430 g/mol. The van der Waals surface area contributed by atoms with Crippen LogP contribution >= 0.6 is 0 Å². The summed E-state index contributed by atoms with van der Waals surface area (Å²) in [6, 6.07) is 8.47. The SMILES string of the molecule is COc1cc(-c2cnn(C)c2)ccc1Cc1ncc2ccnc(NC3CCOCC3)c2n1. The van der Waals surface area contributed by atoms with Gasteiger partial charge in [0.05, 0.1) is 13.3 Å². The molecule has 1 N–H and O–H groups in total. The highest BCUT2D eigenvalue weighted by Crippen LogP contribution is 2.29. The van der Waals surface area contributed by atoms with Crippen LogP contribution in [0.3, 0.4) is 0 Å². The average molecular weight is 431 g/mol. The van der Waals surface area contributed by atoms with E-state index in [-0.39, 0.29) is 0 Å². The van der Waals surface area contributed by atoms with Crippen molar-refractivity contribution in [1.29, 1.82) is 0 Å². The van der Waals surface area contributed by atoms with Crippen LogP contribution in [0.4, 0.5) is 5.82 Å². The smallest absolute Gasteiger partial charge is 0.152 e. The Balaban J connectivity index is 1.43. The number of aryl methyl sites for hydroxylation is 1. The van der Waals surface area contributed by atoms with Gasteiger partial charge in [-0.05, 0) is 30.5 Å². The van der Waals surface area contributed by atoms with E-state index in [1.54, 1.807) is 18.0 Å². The molecule has 32 heavy (non-hydrogen) atoms. The minimum Gasteiger partial charge on any atom is -0.496 e. The van der Waals surface area contributed by atoms with Crippen LogP contribution in [-0.4, -0.2) is 51.1 Å². The third-order valence-corrected chi connectivity index (χ3v) is 5.78. The van der Waals surface area contributed by atoms with E-state index in [4.69, 9.17) is 14.5 Å². The number of hydrogen-bond acceptors (Lipinski definition) is 7. The first-order valence-corrected chi connectivity index (χ1v) is 10.8. The van der Waals surface area contributed by atoms with Gasteiger partial charge < -0.3 is 14.8 Å². The van der Waals surface area contributed by atoms with Gasteiger partial charge in [-0.25, -0.2) is 15.0 Å². The van der Waals surface area contributed by atoms with Crippen molar-refractivity contribution in [2.45, 2.75) is 25.3 Å². The van der Waals surface area contributed by atoms with Crippen LogP contribution < -0.4 is 10.1 Å². The lowest BCUT2D eigenvalue weighted by molar-refractivity contribution is 0.0904. The number of ether oxygens (including phenoxy) is 2. The van der Waals surface area contributed by atoms with Gasteiger partial charge in [0.2, 0.25) is 0 Å². The second kappa shape index (κ2) is 8.92. The van der Waals surface area contributed by atoms with Gasteiger partial charge in [0, 0.05) is 67.8 Å². The lowest BCUT2D eigenvalue weighted by Gasteiger charge is -2.24. The molecule has 0 saturated carbocycles. The fourth-order valence-corrected chi connectivity index (χ4v) is 4.03. The van der Waals surface area contributed by atoms with E-state index in [1.807, 2.05) is 37.8 Å². The molecule has 0 bridgehead atoms. The van der Waals surface area contributed by atoms with Gasteiger partial charge in [0.15, 0.2) is 5.82 Å². The Bertz CT molecular complexity index is 1230. The van der Waals surface area contributed by atoms with Crippen molar-refractivity contribution < 1.29 is 9.47 Å². The molecule has 0 unspecified atom stereocenters. The van der Waals surface area contributed by atoms with Crippen LogP contribution in [0.2, 0.25) is 0 Å². The Kier molecular flexibility index (Phi) is 5.68. The first kappa shape index (κ1) is 20.4. The number of nitrogens with one attached hydrogen (secondary N) is 1. The molecule has 1 saturated heterocycles. The maximum Gasteiger partial charge on any atom is 0.152 e. The molecule has 5 rings (SSSR count). The van der Waals surface area contributed by atoms with E-state index in [0.717, 1.165) is 71.0 Å². The summed E-state index contributed by atoms with van der Waals surface area (Å²) in [5.74, 6) is 2.34. The highest BCUT2D eigenvalue weighted by Gasteiger charge is 2.16. The van der Waals surface area contributed by atoms with E-state index < -0.39 is 0 Å². The predicted octanol–water partition coefficient (Wildman–Crippen LogP) is 3.62. The molecule has 0 amide bonds. The second-order valence-electron chi connectivity index (χ2n) is 8.02. The highest BCUT2D eigenvalue weighted by molar-refractivity contribution is 5.87. The van der Waals surface area contributed by atoms with Gasteiger partial charge in [-0.1, -0.05) is 12.1 Å². The topological polar surface area (TPSA) is 87.0 Å². The number of hydrogen-bond donors (Lipinski definition) is 1. The normalized spacial score (nSPS) is 14.6. The molecule has 1 aromatic carbocycles. The summed E-state index contributed by atoms with van der Waals surface area (Å²) in [6.45, 7) is 1.55. The summed E-state index contributed by atoms with van der Waals surface area (Å²) < 4.78 is 12.9. The van der Waals surface area contributed by atoms with Crippen molar-refractivity contribution in [3.05, 3.63) is 60.4 Å². The average Bonchev–Trinajstić information content (AvgIpc) is 3.26. The summed E-state index contributed by atoms with van der Waals surface area (Å²) in [5, 5.41) is 8.78. The van der Waals surface area contributed by atoms with Gasteiger partial charge in [-0.3, -0.25) is 4.68 Å². The number of benzene rings is 1. The van der Waals surface area contributed by atoms with Crippen LogP contribution in [0.1, 0.15) is 24.2 Å². The minimum absolute atomic E-state index is 0.348. The zero-order valence-corrected chi connectivity index (χ0v) is 18.3. The van der Waals surface area contributed by atoms with Crippen LogP contribution in [0, 0.1) is 0 Å². The molecule has 8 heteroatoms. The largest absolute Gasteiger partial charge is 0.496 e. The van der Waals surface area contributed by atoms with Gasteiger partial charge in [0.25, 0.3) is 0 Å². The van der Waals surface area contributed by atoms with Crippen molar-refractivity contribution in [2.75, 3.05) is 25.6 Å². The number of anilines is 1. The first-order chi connectivity index (χ1) is 15.7. The van der Waals surface area contributed by atoms with Gasteiger partial charge in [-0.2, -0.15) is 5.10 Å². The second-order valence-corrected chi connectivity index (χ2v) is 8.02. The third-order valence-electron chi connectivity index (χ3n) is 5.78. The van der Waals surface area contributed by atoms with Crippen molar-refractivity contribution in [3.8, 4) is 16.9 Å². The summed E-state index contributed by atoms with van der Waals surface area (Å²) in [6.07, 6.45) is 10.0. The van der Waals surface area contributed by atoms with Crippen LogP contribution in [0.25, 0.3) is 22.0 Å². The molecule has 0 aliphatic carbocycles. The Hall–Kier alpha value is -3.52. The van der Waals surface area contributed by atoms with Crippen LogP contribution in [0.5, 0.6) is 5.75 Å². The molecule has 1 aliphatic heterocycles. The number of aromatic nitrogens is 5. The lowest BCUT2D eigenvalue weighted by Crippen LogP contribution is -2.28.